The molecular formula is C15H20FN3O4. The second-order valence-corrected chi connectivity index (χ2v) is 5.74. The van der Waals surface area contributed by atoms with Crippen molar-refractivity contribution < 1.29 is 18.8 Å². The van der Waals surface area contributed by atoms with Gasteiger partial charge in [0.25, 0.3) is 5.91 Å². The Balaban J connectivity index is 1.85. The van der Waals surface area contributed by atoms with E-state index in [0.29, 0.717) is 19.0 Å². The molecule has 0 saturated carbocycles. The van der Waals surface area contributed by atoms with Gasteiger partial charge in [-0.3, -0.25) is 14.9 Å². The van der Waals surface area contributed by atoms with Crippen molar-refractivity contribution in [2.24, 2.45) is 11.7 Å². The van der Waals surface area contributed by atoms with Crippen LogP contribution in [0.5, 0.6) is 5.75 Å². The topological polar surface area (TPSA) is 98.7 Å². The van der Waals surface area contributed by atoms with Crippen LogP contribution in [0.2, 0.25) is 0 Å². The maximum atomic E-state index is 13.5. The van der Waals surface area contributed by atoms with Crippen LogP contribution in [0.3, 0.4) is 0 Å². The molecule has 1 atom stereocenters. The number of piperidine rings is 1. The Kier molecular flexibility index (Phi) is 5.49. The number of likely N-dealkylation sites (tertiary alicyclic amines) is 1. The number of amides is 1. The van der Waals surface area contributed by atoms with E-state index in [2.05, 4.69) is 0 Å². The number of carbonyl (C=O) groups excluding carboxylic acids is 1. The first-order valence-corrected chi connectivity index (χ1v) is 7.48. The monoisotopic (exact) mass is 325 g/mol. The zero-order chi connectivity index (χ0) is 17.0. The number of nitrogens with zero attached hydrogens (tertiary/aromatic N) is 2. The molecule has 7 nitrogen and oxygen atoms in total. The van der Waals surface area contributed by atoms with Gasteiger partial charge in [0.05, 0.1) is 4.92 Å². The summed E-state index contributed by atoms with van der Waals surface area (Å²) in [6.45, 7) is 3.00. The number of rotatable bonds is 5. The van der Waals surface area contributed by atoms with E-state index in [0.717, 1.165) is 25.0 Å². The predicted molar refractivity (Wildman–Crippen MR) is 81.5 cm³/mol. The minimum atomic E-state index is -0.988. The molecule has 0 radical (unpaired) electrons. The van der Waals surface area contributed by atoms with Crippen LogP contribution in [-0.4, -0.2) is 41.5 Å². The van der Waals surface area contributed by atoms with E-state index in [4.69, 9.17) is 10.5 Å². The lowest BCUT2D eigenvalue weighted by Crippen LogP contribution is -2.44. The summed E-state index contributed by atoms with van der Waals surface area (Å²) < 4.78 is 18.7. The lowest BCUT2D eigenvalue weighted by Gasteiger charge is -2.33. The minimum Gasteiger partial charge on any atom is -0.484 e. The van der Waals surface area contributed by atoms with Gasteiger partial charge in [-0.1, -0.05) is 0 Å². The first kappa shape index (κ1) is 17.1. The Hall–Kier alpha value is -2.22. The fourth-order valence-electron chi connectivity index (χ4n) is 2.64. The van der Waals surface area contributed by atoms with Crippen molar-refractivity contribution in [3.8, 4) is 5.75 Å². The molecule has 1 aliphatic rings. The van der Waals surface area contributed by atoms with E-state index in [9.17, 15) is 19.3 Å². The molecular weight excluding hydrogens is 305 g/mol. The third-order valence-electron chi connectivity index (χ3n) is 4.11. The summed E-state index contributed by atoms with van der Waals surface area (Å²) in [5, 5.41) is 10.5. The summed E-state index contributed by atoms with van der Waals surface area (Å²) in [7, 11) is 0. The van der Waals surface area contributed by atoms with E-state index >= 15 is 0 Å². The molecule has 1 aliphatic heterocycles. The van der Waals surface area contributed by atoms with Gasteiger partial charge in [-0.2, -0.15) is 4.39 Å². The second kappa shape index (κ2) is 7.36. The number of ether oxygens (including phenoxy) is 1. The maximum Gasteiger partial charge on any atom is 0.305 e. The Morgan fingerprint density at radius 3 is 2.70 bits per heavy atom. The maximum absolute atomic E-state index is 13.5. The van der Waals surface area contributed by atoms with Crippen molar-refractivity contribution in [2.45, 2.75) is 25.8 Å². The SMILES string of the molecule is CC(N)C1CCN(C(=O)COc2ccc([N+](=O)[O-])c(F)c2)CC1. The lowest BCUT2D eigenvalue weighted by atomic mass is 9.91. The Morgan fingerprint density at radius 1 is 1.52 bits per heavy atom. The average molecular weight is 325 g/mol. The van der Waals surface area contributed by atoms with Crippen LogP contribution in [0.25, 0.3) is 0 Å². The highest BCUT2D eigenvalue weighted by molar-refractivity contribution is 5.77. The number of hydrogen-bond donors (Lipinski definition) is 1. The molecule has 2 rings (SSSR count). The molecule has 8 heteroatoms. The van der Waals surface area contributed by atoms with Crippen LogP contribution in [0.15, 0.2) is 18.2 Å². The average Bonchev–Trinajstić information content (AvgIpc) is 2.52. The highest BCUT2D eigenvalue weighted by atomic mass is 19.1. The fourth-order valence-corrected chi connectivity index (χ4v) is 2.64. The molecule has 0 aromatic heterocycles. The minimum absolute atomic E-state index is 0.0897. The van der Waals surface area contributed by atoms with Crippen molar-refractivity contribution in [1.82, 2.24) is 4.90 Å². The van der Waals surface area contributed by atoms with Gasteiger partial charge in [0.15, 0.2) is 6.61 Å². The first-order chi connectivity index (χ1) is 10.9. The summed E-state index contributed by atoms with van der Waals surface area (Å²) in [6, 6.07) is 3.32. The summed E-state index contributed by atoms with van der Waals surface area (Å²) in [4.78, 5) is 23.5. The van der Waals surface area contributed by atoms with Crippen LogP contribution < -0.4 is 10.5 Å². The van der Waals surface area contributed by atoms with Crippen LogP contribution in [0.1, 0.15) is 19.8 Å². The van der Waals surface area contributed by atoms with Crippen molar-refractivity contribution >= 4 is 11.6 Å². The normalized spacial score (nSPS) is 16.9. The summed E-state index contributed by atoms with van der Waals surface area (Å²) in [5.41, 5.74) is 5.24. The summed E-state index contributed by atoms with van der Waals surface area (Å²) >= 11 is 0. The van der Waals surface area contributed by atoms with Gasteiger partial charge in [0.1, 0.15) is 5.75 Å². The zero-order valence-electron chi connectivity index (χ0n) is 12.9. The van der Waals surface area contributed by atoms with Crippen molar-refractivity contribution in [3.05, 3.63) is 34.1 Å². The van der Waals surface area contributed by atoms with Crippen LogP contribution >= 0.6 is 0 Å². The van der Waals surface area contributed by atoms with Gasteiger partial charge in [0, 0.05) is 31.3 Å². The highest BCUT2D eigenvalue weighted by Crippen LogP contribution is 2.23. The van der Waals surface area contributed by atoms with Crippen molar-refractivity contribution in [2.75, 3.05) is 19.7 Å². The number of carbonyl (C=O) groups is 1. The number of halogens is 1. The van der Waals surface area contributed by atoms with Crippen molar-refractivity contribution in [1.29, 1.82) is 0 Å². The van der Waals surface area contributed by atoms with E-state index in [1.165, 1.54) is 6.07 Å². The van der Waals surface area contributed by atoms with Gasteiger partial charge in [0.2, 0.25) is 5.82 Å². The number of nitro groups is 1. The van der Waals surface area contributed by atoms with Crippen LogP contribution in [0, 0.1) is 21.8 Å². The molecule has 23 heavy (non-hydrogen) atoms. The van der Waals surface area contributed by atoms with Crippen LogP contribution in [-0.2, 0) is 4.79 Å². The Labute approximate surface area is 133 Å². The molecule has 1 unspecified atom stereocenters. The zero-order valence-corrected chi connectivity index (χ0v) is 12.9. The smallest absolute Gasteiger partial charge is 0.305 e. The largest absolute Gasteiger partial charge is 0.484 e. The van der Waals surface area contributed by atoms with E-state index in [1.54, 1.807) is 4.90 Å². The van der Waals surface area contributed by atoms with Crippen LogP contribution in [0.4, 0.5) is 10.1 Å². The first-order valence-electron chi connectivity index (χ1n) is 7.48. The Morgan fingerprint density at radius 2 is 2.17 bits per heavy atom. The van der Waals surface area contributed by atoms with Gasteiger partial charge < -0.3 is 15.4 Å². The van der Waals surface area contributed by atoms with Gasteiger partial charge in [-0.25, -0.2) is 0 Å². The quantitative estimate of drug-likeness (QED) is 0.656. The third-order valence-corrected chi connectivity index (χ3v) is 4.11. The highest BCUT2D eigenvalue weighted by Gasteiger charge is 2.25. The Bertz CT molecular complexity index is 586. The second-order valence-electron chi connectivity index (χ2n) is 5.74. The number of nitro benzene ring substituents is 1. The number of benzene rings is 1. The molecule has 1 aromatic rings. The number of nitrogens with two attached hydrogens (primary N) is 1. The third kappa shape index (κ3) is 4.38. The molecule has 1 heterocycles. The van der Waals surface area contributed by atoms with Gasteiger partial charge in [-0.05, 0) is 31.7 Å². The molecule has 1 amide bonds. The summed E-state index contributed by atoms with van der Waals surface area (Å²) in [6.07, 6.45) is 1.71. The lowest BCUT2D eigenvalue weighted by molar-refractivity contribution is -0.387. The fraction of sp³-hybridized carbons (Fsp3) is 0.533. The molecule has 1 fully saturated rings. The molecule has 1 saturated heterocycles. The van der Waals surface area contributed by atoms with E-state index in [1.807, 2.05) is 6.92 Å². The van der Waals surface area contributed by atoms with E-state index < -0.39 is 16.4 Å². The van der Waals surface area contributed by atoms with Gasteiger partial charge >= 0.3 is 5.69 Å². The molecule has 0 spiro atoms. The standard InChI is InChI=1S/C15H20FN3O4/c1-10(17)11-4-6-18(7-5-11)15(20)9-23-12-2-3-14(19(21)22)13(16)8-12/h2-3,8,10-11H,4-7,9,17H2,1H3. The molecule has 0 aliphatic carbocycles. The van der Waals surface area contributed by atoms with Gasteiger partial charge in [-0.15, -0.1) is 0 Å². The van der Waals surface area contributed by atoms with Crippen molar-refractivity contribution in [3.63, 3.8) is 0 Å². The number of hydrogen-bond acceptors (Lipinski definition) is 5. The molecule has 2 N–H and O–H groups in total. The van der Waals surface area contributed by atoms with E-state index in [-0.39, 0.29) is 24.3 Å². The molecule has 126 valence electrons. The molecule has 1 aromatic carbocycles. The molecule has 0 bridgehead atoms. The predicted octanol–water partition coefficient (Wildman–Crippen LogP) is 1.70. The summed E-state index contributed by atoms with van der Waals surface area (Å²) in [5.74, 6) is -0.666.